The molecular weight excluding hydrogens is 216 g/mol. The van der Waals surface area contributed by atoms with Crippen molar-refractivity contribution in [2.45, 2.75) is 13.8 Å². The molecule has 1 aromatic rings. The number of carbonyl (C=O) groups is 1. The molecule has 17 heavy (non-hydrogen) atoms. The highest BCUT2D eigenvalue weighted by atomic mass is 16.3. The fourth-order valence-electron chi connectivity index (χ4n) is 1.42. The average Bonchev–Trinajstić information content (AvgIpc) is 2.29. The van der Waals surface area contributed by atoms with Gasteiger partial charge in [0.25, 0.3) is 5.91 Å². The van der Waals surface area contributed by atoms with Crippen LogP contribution in [0.5, 0.6) is 0 Å². The molecule has 0 saturated heterocycles. The molecule has 0 spiro atoms. The number of nitrogens with one attached hydrogen (secondary N) is 1. The summed E-state index contributed by atoms with van der Waals surface area (Å²) in [4.78, 5) is 15.9. The normalized spacial score (nSPS) is 13.0. The molecule has 0 unspecified atom stereocenters. The first-order valence-corrected chi connectivity index (χ1v) is 5.26. The van der Waals surface area contributed by atoms with Gasteiger partial charge in [-0.3, -0.25) is 9.79 Å². The van der Waals surface area contributed by atoms with Crippen LogP contribution in [0.25, 0.3) is 0 Å². The van der Waals surface area contributed by atoms with E-state index in [1.807, 2.05) is 18.2 Å². The zero-order valence-electron chi connectivity index (χ0n) is 10.2. The third kappa shape index (κ3) is 3.45. The van der Waals surface area contributed by atoms with Gasteiger partial charge < -0.3 is 10.4 Å². The molecule has 4 heteroatoms. The Morgan fingerprint density at radius 3 is 2.29 bits per heavy atom. The maximum absolute atomic E-state index is 11.9. The Morgan fingerprint density at radius 1 is 1.24 bits per heavy atom. The summed E-state index contributed by atoms with van der Waals surface area (Å²) in [6.45, 7) is 3.15. The highest BCUT2D eigenvalue weighted by molar-refractivity contribution is 6.24. The van der Waals surface area contributed by atoms with Gasteiger partial charge >= 0.3 is 0 Å². The molecule has 0 aliphatic rings. The SMILES string of the molecule is CN=C(C)/C(C(=O)Nc1ccccc1)=C(\C)O. The summed E-state index contributed by atoms with van der Waals surface area (Å²) < 4.78 is 0. The molecule has 0 radical (unpaired) electrons. The van der Waals surface area contributed by atoms with Crippen molar-refractivity contribution in [1.29, 1.82) is 0 Å². The highest BCUT2D eigenvalue weighted by Crippen LogP contribution is 2.10. The van der Waals surface area contributed by atoms with E-state index in [4.69, 9.17) is 0 Å². The molecule has 90 valence electrons. The predicted octanol–water partition coefficient (Wildman–Crippen LogP) is 2.55. The van der Waals surface area contributed by atoms with E-state index in [2.05, 4.69) is 10.3 Å². The standard InChI is InChI=1S/C13H16N2O2/c1-9(14-3)12(10(2)16)13(17)15-11-7-5-4-6-8-11/h4-8,16H,1-3H3,(H,15,17)/b12-10-,14-9?. The number of carbonyl (C=O) groups excluding carboxylic acids is 1. The summed E-state index contributed by atoms with van der Waals surface area (Å²) in [7, 11) is 1.58. The highest BCUT2D eigenvalue weighted by Gasteiger charge is 2.15. The van der Waals surface area contributed by atoms with Gasteiger partial charge in [-0.2, -0.15) is 0 Å². The lowest BCUT2D eigenvalue weighted by Crippen LogP contribution is -2.20. The third-order valence-electron chi connectivity index (χ3n) is 2.32. The quantitative estimate of drug-likeness (QED) is 0.478. The smallest absolute Gasteiger partial charge is 0.260 e. The van der Waals surface area contributed by atoms with E-state index in [1.165, 1.54) is 6.92 Å². The van der Waals surface area contributed by atoms with Crippen LogP contribution in [0.3, 0.4) is 0 Å². The molecule has 0 bridgehead atoms. The lowest BCUT2D eigenvalue weighted by Gasteiger charge is -2.09. The van der Waals surface area contributed by atoms with Crippen LogP contribution in [0.1, 0.15) is 13.8 Å². The summed E-state index contributed by atoms with van der Waals surface area (Å²) in [5.74, 6) is -0.402. The fourth-order valence-corrected chi connectivity index (χ4v) is 1.42. The lowest BCUT2D eigenvalue weighted by molar-refractivity contribution is -0.112. The number of hydrogen-bond acceptors (Lipinski definition) is 3. The zero-order valence-corrected chi connectivity index (χ0v) is 10.2. The number of aliphatic hydroxyl groups excluding tert-OH is 1. The number of rotatable bonds is 3. The molecule has 2 N–H and O–H groups in total. The molecule has 0 fully saturated rings. The van der Waals surface area contributed by atoms with Gasteiger partial charge in [-0.15, -0.1) is 0 Å². The van der Waals surface area contributed by atoms with Crippen LogP contribution in [0.15, 0.2) is 46.7 Å². The maximum atomic E-state index is 11.9. The first-order chi connectivity index (χ1) is 8.06. The molecule has 0 aliphatic carbocycles. The van der Waals surface area contributed by atoms with E-state index >= 15 is 0 Å². The van der Waals surface area contributed by atoms with Gasteiger partial charge in [-0.25, -0.2) is 0 Å². The molecule has 0 aromatic heterocycles. The minimum Gasteiger partial charge on any atom is -0.512 e. The first kappa shape index (κ1) is 13.0. The van der Waals surface area contributed by atoms with E-state index in [0.717, 1.165) is 0 Å². The topological polar surface area (TPSA) is 61.7 Å². The second-order valence-corrected chi connectivity index (χ2v) is 3.59. The van der Waals surface area contributed by atoms with Gasteiger partial charge in [0.2, 0.25) is 0 Å². The van der Waals surface area contributed by atoms with Gasteiger partial charge in [0.15, 0.2) is 0 Å². The van der Waals surface area contributed by atoms with Crippen molar-refractivity contribution in [2.75, 3.05) is 12.4 Å². The minimum atomic E-state index is -0.362. The number of anilines is 1. The van der Waals surface area contributed by atoms with Crippen molar-refractivity contribution in [3.05, 3.63) is 41.7 Å². The van der Waals surface area contributed by atoms with Crippen molar-refractivity contribution in [2.24, 2.45) is 4.99 Å². The Labute approximate surface area is 101 Å². The number of allylic oxidation sites excluding steroid dienone is 1. The van der Waals surface area contributed by atoms with Gasteiger partial charge in [-0.1, -0.05) is 18.2 Å². The van der Waals surface area contributed by atoms with E-state index in [-0.39, 0.29) is 17.2 Å². The van der Waals surface area contributed by atoms with Gasteiger partial charge in [0.1, 0.15) is 5.76 Å². The minimum absolute atomic E-state index is 0.0402. The van der Waals surface area contributed by atoms with Gasteiger partial charge in [0.05, 0.1) is 5.57 Å². The van der Waals surface area contributed by atoms with Crippen LogP contribution in [0.4, 0.5) is 5.69 Å². The van der Waals surface area contributed by atoms with E-state index < -0.39 is 0 Å². The second kappa shape index (κ2) is 5.84. The van der Waals surface area contributed by atoms with Crippen LogP contribution >= 0.6 is 0 Å². The van der Waals surface area contributed by atoms with Crippen molar-refractivity contribution >= 4 is 17.3 Å². The van der Waals surface area contributed by atoms with E-state index in [9.17, 15) is 9.90 Å². The first-order valence-electron chi connectivity index (χ1n) is 5.26. The molecule has 0 saturated carbocycles. The number of hydrogen-bond donors (Lipinski definition) is 2. The van der Waals surface area contributed by atoms with Crippen molar-refractivity contribution in [1.82, 2.24) is 0 Å². The Bertz CT molecular complexity index is 458. The van der Waals surface area contributed by atoms with Crippen LogP contribution in [0, 0.1) is 0 Å². The predicted molar refractivity (Wildman–Crippen MR) is 69.4 cm³/mol. The fraction of sp³-hybridized carbons (Fsp3) is 0.231. The molecular formula is C13H16N2O2. The summed E-state index contributed by atoms with van der Waals surface area (Å²) in [6, 6.07) is 9.07. The third-order valence-corrected chi connectivity index (χ3v) is 2.32. The van der Waals surface area contributed by atoms with Crippen LogP contribution in [0.2, 0.25) is 0 Å². The number of aliphatic imine (C=N–C) groups is 1. The largest absolute Gasteiger partial charge is 0.512 e. The number of amides is 1. The molecule has 1 rings (SSSR count). The number of aliphatic hydroxyl groups is 1. The molecule has 1 amide bonds. The van der Waals surface area contributed by atoms with Crippen LogP contribution < -0.4 is 5.32 Å². The number of benzene rings is 1. The van der Waals surface area contributed by atoms with Gasteiger partial charge in [0, 0.05) is 18.4 Å². The maximum Gasteiger partial charge on any atom is 0.260 e. The number of para-hydroxylation sites is 1. The second-order valence-electron chi connectivity index (χ2n) is 3.59. The average molecular weight is 232 g/mol. The Morgan fingerprint density at radius 2 is 1.82 bits per heavy atom. The molecule has 0 aliphatic heterocycles. The summed E-state index contributed by atoms with van der Waals surface area (Å²) >= 11 is 0. The summed E-state index contributed by atoms with van der Waals surface area (Å²) in [5.41, 5.74) is 1.38. The van der Waals surface area contributed by atoms with Crippen LogP contribution in [-0.2, 0) is 4.79 Å². The van der Waals surface area contributed by atoms with E-state index in [0.29, 0.717) is 11.4 Å². The zero-order chi connectivity index (χ0) is 12.8. The lowest BCUT2D eigenvalue weighted by atomic mass is 10.1. The van der Waals surface area contributed by atoms with Crippen molar-refractivity contribution < 1.29 is 9.90 Å². The number of nitrogens with zero attached hydrogens (tertiary/aromatic N) is 1. The summed E-state index contributed by atoms with van der Waals surface area (Å²) in [5, 5.41) is 12.2. The molecule has 0 atom stereocenters. The van der Waals surface area contributed by atoms with Gasteiger partial charge in [-0.05, 0) is 26.0 Å². The Kier molecular flexibility index (Phi) is 4.46. The van der Waals surface area contributed by atoms with E-state index in [1.54, 1.807) is 26.1 Å². The van der Waals surface area contributed by atoms with Crippen molar-refractivity contribution in [3.8, 4) is 0 Å². The summed E-state index contributed by atoms with van der Waals surface area (Å²) in [6.07, 6.45) is 0. The Hall–Kier alpha value is -2.10. The molecule has 0 heterocycles. The molecule has 1 aromatic carbocycles. The molecule has 4 nitrogen and oxygen atoms in total. The Balaban J connectivity index is 2.93. The van der Waals surface area contributed by atoms with Crippen molar-refractivity contribution in [3.63, 3.8) is 0 Å². The monoisotopic (exact) mass is 232 g/mol. The van der Waals surface area contributed by atoms with Crippen LogP contribution in [-0.4, -0.2) is 23.8 Å².